The van der Waals surface area contributed by atoms with Crippen molar-refractivity contribution in [2.24, 2.45) is 0 Å². The van der Waals surface area contributed by atoms with Crippen molar-refractivity contribution in [2.75, 3.05) is 19.0 Å². The zero-order valence-electron chi connectivity index (χ0n) is 15.3. The summed E-state index contributed by atoms with van der Waals surface area (Å²) in [6, 6.07) is 4.81. The van der Waals surface area contributed by atoms with Crippen LogP contribution in [0.2, 0.25) is 10.0 Å². The number of pyridine rings is 2. The molecule has 0 saturated heterocycles. The highest BCUT2D eigenvalue weighted by Gasteiger charge is 2.16. The number of ether oxygens (including phenoxy) is 2. The van der Waals surface area contributed by atoms with Gasteiger partial charge in [-0.2, -0.15) is 0 Å². The maximum Gasteiger partial charge on any atom is 0.303 e. The second-order valence-corrected chi connectivity index (χ2v) is 6.83. The minimum atomic E-state index is -0.913. The Kier molecular flexibility index (Phi) is 6.46. The first-order valence-electron chi connectivity index (χ1n) is 8.55. The largest absolute Gasteiger partial charge is 0.493 e. The first-order valence-corrected chi connectivity index (χ1v) is 9.31. The number of aliphatic carboxylic acids is 1. The molecule has 0 aliphatic heterocycles. The number of methoxy groups -OCH3 is 1. The Morgan fingerprint density at radius 3 is 2.66 bits per heavy atom. The van der Waals surface area contributed by atoms with E-state index in [9.17, 15) is 9.59 Å². The highest BCUT2D eigenvalue weighted by molar-refractivity contribution is 6.39. The van der Waals surface area contributed by atoms with Gasteiger partial charge < -0.3 is 24.9 Å². The Labute approximate surface area is 175 Å². The number of carboxylic acid groups (broad SMARTS) is 1. The maximum absolute atomic E-state index is 12.3. The zero-order valence-corrected chi connectivity index (χ0v) is 16.8. The van der Waals surface area contributed by atoms with Crippen molar-refractivity contribution in [2.45, 2.75) is 12.8 Å². The summed E-state index contributed by atoms with van der Waals surface area (Å²) in [5.41, 5.74) is 0.882. The smallest absolute Gasteiger partial charge is 0.303 e. The van der Waals surface area contributed by atoms with Crippen LogP contribution in [0.5, 0.6) is 11.5 Å². The molecule has 10 heteroatoms. The lowest BCUT2D eigenvalue weighted by molar-refractivity contribution is -0.137. The third-order valence-electron chi connectivity index (χ3n) is 4.05. The highest BCUT2D eigenvalue weighted by Crippen LogP contribution is 2.39. The van der Waals surface area contributed by atoms with Crippen LogP contribution in [-0.4, -0.2) is 34.8 Å². The van der Waals surface area contributed by atoms with Gasteiger partial charge in [-0.3, -0.25) is 14.6 Å². The van der Waals surface area contributed by atoms with Crippen molar-refractivity contribution in [3.63, 3.8) is 0 Å². The van der Waals surface area contributed by atoms with Crippen LogP contribution in [0, 0.1) is 0 Å². The van der Waals surface area contributed by atoms with Crippen molar-refractivity contribution < 1.29 is 19.4 Å². The second kappa shape index (κ2) is 9.02. The summed E-state index contributed by atoms with van der Waals surface area (Å²) in [6.07, 6.45) is 3.14. The SMILES string of the molecule is COc1ccc2c(Nc3c(Cl)cncc3Cl)cc(=O)[nH]c2c1OCCCC(=O)O. The van der Waals surface area contributed by atoms with E-state index in [0.717, 1.165) is 0 Å². The summed E-state index contributed by atoms with van der Waals surface area (Å²) in [5, 5.41) is 13.1. The fourth-order valence-electron chi connectivity index (χ4n) is 2.75. The van der Waals surface area contributed by atoms with Crippen LogP contribution < -0.4 is 20.3 Å². The number of aromatic nitrogens is 2. The molecular formula is C19H17Cl2N3O5. The predicted octanol–water partition coefficient (Wildman–Crippen LogP) is 4.23. The summed E-state index contributed by atoms with van der Waals surface area (Å²) < 4.78 is 11.1. The Morgan fingerprint density at radius 2 is 2.00 bits per heavy atom. The molecule has 152 valence electrons. The van der Waals surface area contributed by atoms with Gasteiger partial charge >= 0.3 is 5.97 Å². The molecule has 0 spiro atoms. The summed E-state index contributed by atoms with van der Waals surface area (Å²) in [6.45, 7) is 0.142. The van der Waals surface area contributed by atoms with Gasteiger partial charge in [-0.05, 0) is 18.6 Å². The lowest BCUT2D eigenvalue weighted by Gasteiger charge is -2.16. The molecule has 2 heterocycles. The number of rotatable bonds is 8. The molecule has 2 aromatic heterocycles. The molecule has 0 bridgehead atoms. The average molecular weight is 438 g/mol. The van der Waals surface area contributed by atoms with E-state index in [1.54, 1.807) is 12.1 Å². The van der Waals surface area contributed by atoms with Gasteiger partial charge in [0.25, 0.3) is 5.56 Å². The summed E-state index contributed by atoms with van der Waals surface area (Å²) in [4.78, 5) is 29.6. The molecule has 0 aliphatic carbocycles. The molecule has 0 unspecified atom stereocenters. The molecule has 0 saturated carbocycles. The third-order valence-corrected chi connectivity index (χ3v) is 4.62. The number of fused-ring (bicyclic) bond motifs is 1. The molecule has 3 N–H and O–H groups in total. The number of nitrogens with zero attached hydrogens (tertiary/aromatic N) is 1. The van der Waals surface area contributed by atoms with E-state index in [1.165, 1.54) is 25.6 Å². The first kappa shape index (κ1) is 20.8. The van der Waals surface area contributed by atoms with Crippen molar-refractivity contribution >= 4 is 51.4 Å². The van der Waals surface area contributed by atoms with Gasteiger partial charge in [0.05, 0.1) is 40.7 Å². The molecule has 0 amide bonds. The number of benzene rings is 1. The van der Waals surface area contributed by atoms with Crippen molar-refractivity contribution in [3.05, 3.63) is 51.0 Å². The van der Waals surface area contributed by atoms with Gasteiger partial charge in [0.15, 0.2) is 11.5 Å². The minimum Gasteiger partial charge on any atom is -0.493 e. The summed E-state index contributed by atoms with van der Waals surface area (Å²) in [7, 11) is 1.47. The van der Waals surface area contributed by atoms with E-state index in [2.05, 4.69) is 15.3 Å². The van der Waals surface area contributed by atoms with Gasteiger partial charge in [-0.1, -0.05) is 23.2 Å². The topological polar surface area (TPSA) is 114 Å². The molecular weight excluding hydrogens is 421 g/mol. The molecule has 8 nitrogen and oxygen atoms in total. The van der Waals surface area contributed by atoms with Crippen LogP contribution in [0.1, 0.15) is 12.8 Å². The molecule has 3 rings (SSSR count). The van der Waals surface area contributed by atoms with Crippen molar-refractivity contribution in [1.29, 1.82) is 0 Å². The fraction of sp³-hybridized carbons (Fsp3) is 0.211. The Morgan fingerprint density at radius 1 is 1.28 bits per heavy atom. The van der Waals surface area contributed by atoms with Gasteiger partial charge in [0.1, 0.15) is 0 Å². The average Bonchev–Trinajstić information content (AvgIpc) is 2.67. The predicted molar refractivity (Wildman–Crippen MR) is 111 cm³/mol. The van der Waals surface area contributed by atoms with Gasteiger partial charge in [-0.15, -0.1) is 0 Å². The van der Waals surface area contributed by atoms with E-state index in [-0.39, 0.29) is 18.6 Å². The maximum atomic E-state index is 12.3. The molecule has 3 aromatic rings. The molecule has 1 aromatic carbocycles. The molecule has 0 radical (unpaired) electrons. The van der Waals surface area contributed by atoms with Gasteiger partial charge in [0, 0.05) is 30.3 Å². The standard InChI is InChI=1S/C19H17Cl2N3O5/c1-28-14-5-4-10-13(23-18-11(20)8-22-9-12(18)21)7-15(25)24-17(10)19(14)29-6-2-3-16(26)27/h4-5,7-9H,2-3,6H2,1H3,(H,26,27)(H2,22,23,24,25). The molecule has 0 fully saturated rings. The second-order valence-electron chi connectivity index (χ2n) is 6.02. The number of nitrogens with one attached hydrogen (secondary N) is 2. The number of anilines is 2. The van der Waals surface area contributed by atoms with Crippen LogP contribution in [0.4, 0.5) is 11.4 Å². The fourth-order valence-corrected chi connectivity index (χ4v) is 3.21. The van der Waals surface area contributed by atoms with E-state index in [4.69, 9.17) is 37.8 Å². The first-order chi connectivity index (χ1) is 13.9. The number of H-pyrrole nitrogens is 1. The monoisotopic (exact) mass is 437 g/mol. The van der Waals surface area contributed by atoms with E-state index >= 15 is 0 Å². The van der Waals surface area contributed by atoms with Crippen molar-refractivity contribution in [3.8, 4) is 11.5 Å². The number of hydrogen-bond acceptors (Lipinski definition) is 6. The lowest BCUT2D eigenvalue weighted by atomic mass is 10.1. The summed E-state index contributed by atoms with van der Waals surface area (Å²) in [5.74, 6) is -0.201. The van der Waals surface area contributed by atoms with E-state index in [0.29, 0.717) is 50.2 Å². The van der Waals surface area contributed by atoms with Crippen LogP contribution in [-0.2, 0) is 4.79 Å². The van der Waals surface area contributed by atoms with Crippen LogP contribution in [0.25, 0.3) is 10.9 Å². The number of halogens is 2. The molecule has 0 aliphatic rings. The Bertz CT molecular complexity index is 1100. The molecule has 0 atom stereocenters. The number of hydrogen-bond donors (Lipinski definition) is 3. The quantitative estimate of drug-likeness (QED) is 0.451. The summed E-state index contributed by atoms with van der Waals surface area (Å²) >= 11 is 12.3. The van der Waals surface area contributed by atoms with Crippen LogP contribution in [0.3, 0.4) is 0 Å². The number of carbonyl (C=O) groups is 1. The minimum absolute atomic E-state index is 0.0323. The van der Waals surface area contributed by atoms with Crippen LogP contribution in [0.15, 0.2) is 35.4 Å². The van der Waals surface area contributed by atoms with Gasteiger partial charge in [0.2, 0.25) is 0 Å². The van der Waals surface area contributed by atoms with Gasteiger partial charge in [-0.25, -0.2) is 0 Å². The number of carboxylic acids is 1. The normalized spacial score (nSPS) is 10.7. The highest BCUT2D eigenvalue weighted by atomic mass is 35.5. The van der Waals surface area contributed by atoms with E-state index < -0.39 is 5.97 Å². The third kappa shape index (κ3) is 4.72. The Balaban J connectivity index is 2.05. The Hall–Kier alpha value is -2.97. The van der Waals surface area contributed by atoms with Crippen LogP contribution >= 0.6 is 23.2 Å². The van der Waals surface area contributed by atoms with Crippen molar-refractivity contribution in [1.82, 2.24) is 9.97 Å². The zero-order chi connectivity index (χ0) is 21.0. The number of aromatic amines is 1. The molecule has 29 heavy (non-hydrogen) atoms. The lowest BCUT2D eigenvalue weighted by Crippen LogP contribution is -2.09. The van der Waals surface area contributed by atoms with E-state index in [1.807, 2.05) is 0 Å².